The minimum Gasteiger partial charge on any atom is -0.460 e. The van der Waals surface area contributed by atoms with Gasteiger partial charge in [0.05, 0.1) is 79.3 Å². The molecule has 16 atom stereocenters. The van der Waals surface area contributed by atoms with E-state index < -0.39 is 48.6 Å². The van der Waals surface area contributed by atoms with Crippen LogP contribution in [0, 0.1) is 0 Å². The zero-order valence-corrected chi connectivity index (χ0v) is 32.9. The Morgan fingerprint density at radius 2 is 0.810 bits per heavy atom. The standard InChI is InChI=1S/C20H30O10.C12H18O6.C6H10O4/c1-11(2)19(23)29-7-13(21)5-25-15-9-27-18-16(10-28-17(15)18)26-6-14(22)8-30-20(24)12(3)4;1-7(13-1)3-15-9-5-17-12-10(6-18-11(9)12)16-4-8-2-14-8;7-3-1-9-6-4(8)2-10-5(3)6/h13-18,21-22H,1,3,5-10H2,2,4H3;7-12H,1-6H2;3-8H,1-2H2. The molecule has 0 bridgehead atoms. The van der Waals surface area contributed by atoms with Crippen molar-refractivity contribution in [3.63, 3.8) is 0 Å². The summed E-state index contributed by atoms with van der Waals surface area (Å²) in [7, 11) is 0. The molecular weight excluding hydrogens is 776 g/mol. The van der Waals surface area contributed by atoms with Crippen molar-refractivity contribution >= 4 is 11.9 Å². The van der Waals surface area contributed by atoms with Crippen molar-refractivity contribution in [2.75, 3.05) is 92.5 Å². The summed E-state index contributed by atoms with van der Waals surface area (Å²) in [5.41, 5.74) is 0.499. The summed E-state index contributed by atoms with van der Waals surface area (Å²) in [5.74, 6) is -1.15. The van der Waals surface area contributed by atoms with Crippen LogP contribution in [0.25, 0.3) is 0 Å². The number of esters is 2. The fourth-order valence-corrected chi connectivity index (χ4v) is 6.83. The van der Waals surface area contributed by atoms with E-state index in [0.717, 1.165) is 13.2 Å². The molecule has 0 saturated carbocycles. The maximum Gasteiger partial charge on any atom is 0.333 e. The Labute approximate surface area is 336 Å². The minimum atomic E-state index is -0.988. The second kappa shape index (κ2) is 21.5. The van der Waals surface area contributed by atoms with E-state index in [4.69, 9.17) is 76.5 Å². The molecule has 8 rings (SSSR count). The van der Waals surface area contributed by atoms with Gasteiger partial charge in [0.25, 0.3) is 0 Å². The van der Waals surface area contributed by atoms with E-state index in [1.165, 1.54) is 13.8 Å². The minimum absolute atomic E-state index is 0.00821. The van der Waals surface area contributed by atoms with Gasteiger partial charge < -0.3 is 86.7 Å². The summed E-state index contributed by atoms with van der Waals surface area (Å²) in [6.45, 7) is 14.6. The Hall–Kier alpha value is -2.22. The summed E-state index contributed by atoms with van der Waals surface area (Å²) >= 11 is 0. The molecule has 20 nitrogen and oxygen atoms in total. The van der Waals surface area contributed by atoms with Crippen LogP contribution in [-0.4, -0.2) is 223 Å². The Morgan fingerprint density at radius 3 is 1.12 bits per heavy atom. The lowest BCUT2D eigenvalue weighted by Crippen LogP contribution is -2.37. The summed E-state index contributed by atoms with van der Waals surface area (Å²) in [6, 6.07) is 0. The number of aliphatic hydroxyl groups is 4. The third kappa shape index (κ3) is 12.9. The van der Waals surface area contributed by atoms with Gasteiger partial charge in [-0.05, 0) is 13.8 Å². The molecule has 0 aromatic carbocycles. The van der Waals surface area contributed by atoms with E-state index in [-0.39, 0.29) is 125 Å². The lowest BCUT2D eigenvalue weighted by molar-refractivity contribution is -0.144. The molecule has 8 saturated heterocycles. The fraction of sp³-hybridized carbons (Fsp3) is 0.842. The molecule has 8 fully saturated rings. The first kappa shape index (κ1) is 45.3. The van der Waals surface area contributed by atoms with E-state index in [9.17, 15) is 19.8 Å². The summed E-state index contributed by atoms with van der Waals surface area (Å²) in [6.07, 6.45) is -4.62. The van der Waals surface area contributed by atoms with Gasteiger partial charge in [-0.2, -0.15) is 0 Å². The topological polar surface area (TPSA) is 251 Å². The Balaban J connectivity index is 0.000000168. The van der Waals surface area contributed by atoms with Crippen LogP contribution in [0.5, 0.6) is 0 Å². The highest BCUT2D eigenvalue weighted by Crippen LogP contribution is 2.33. The van der Waals surface area contributed by atoms with Crippen molar-refractivity contribution in [3.8, 4) is 0 Å². The van der Waals surface area contributed by atoms with Gasteiger partial charge in [0.2, 0.25) is 0 Å². The molecule has 8 heterocycles. The number of carbonyl (C=O) groups excluding carboxylic acids is 2. The third-order valence-corrected chi connectivity index (χ3v) is 10.2. The Bertz CT molecular complexity index is 1260. The molecule has 4 N–H and O–H groups in total. The van der Waals surface area contributed by atoms with Gasteiger partial charge in [-0.3, -0.25) is 0 Å². The zero-order chi connectivity index (χ0) is 41.3. The van der Waals surface area contributed by atoms with Gasteiger partial charge in [-0.15, -0.1) is 0 Å². The van der Waals surface area contributed by atoms with Crippen LogP contribution < -0.4 is 0 Å². The van der Waals surface area contributed by atoms with Gasteiger partial charge in [0, 0.05) is 11.1 Å². The molecule has 330 valence electrons. The smallest absolute Gasteiger partial charge is 0.333 e. The maximum atomic E-state index is 11.3. The predicted octanol–water partition coefficient (Wildman–Crippen LogP) is -2.63. The van der Waals surface area contributed by atoms with Gasteiger partial charge in [0.15, 0.2) is 0 Å². The van der Waals surface area contributed by atoms with Crippen LogP contribution in [0.1, 0.15) is 13.8 Å². The first-order valence-corrected chi connectivity index (χ1v) is 19.6. The maximum absolute atomic E-state index is 11.3. The van der Waals surface area contributed by atoms with Crippen molar-refractivity contribution in [3.05, 3.63) is 24.3 Å². The lowest BCUT2D eigenvalue weighted by Gasteiger charge is -2.19. The molecule has 8 aliphatic heterocycles. The van der Waals surface area contributed by atoms with Crippen LogP contribution in [0.2, 0.25) is 0 Å². The van der Waals surface area contributed by atoms with Gasteiger partial charge in [-0.1, -0.05) is 13.2 Å². The quantitative estimate of drug-likeness (QED) is 0.0626. The van der Waals surface area contributed by atoms with E-state index in [1.807, 2.05) is 0 Å². The first-order valence-electron chi connectivity index (χ1n) is 19.6. The second-order valence-electron chi connectivity index (χ2n) is 15.4. The van der Waals surface area contributed by atoms with Crippen LogP contribution in [-0.2, 0) is 75.9 Å². The van der Waals surface area contributed by atoms with Crippen molar-refractivity contribution in [1.29, 1.82) is 0 Å². The predicted molar refractivity (Wildman–Crippen MR) is 192 cm³/mol. The average Bonchev–Trinajstić information content (AvgIpc) is 3.84. The highest BCUT2D eigenvalue weighted by molar-refractivity contribution is 5.87. The third-order valence-electron chi connectivity index (χ3n) is 10.2. The average molecular weight is 835 g/mol. The van der Waals surface area contributed by atoms with Gasteiger partial charge in [0.1, 0.15) is 111 Å². The van der Waals surface area contributed by atoms with Crippen molar-refractivity contribution in [2.24, 2.45) is 0 Å². The first-order chi connectivity index (χ1) is 27.9. The van der Waals surface area contributed by atoms with E-state index >= 15 is 0 Å². The monoisotopic (exact) mass is 834 g/mol. The number of hydrogen-bond acceptors (Lipinski definition) is 20. The molecule has 20 heteroatoms. The van der Waals surface area contributed by atoms with Crippen molar-refractivity contribution < 1.29 is 96.3 Å². The van der Waals surface area contributed by atoms with E-state index in [0.29, 0.717) is 26.4 Å². The van der Waals surface area contributed by atoms with Gasteiger partial charge in [-0.25, -0.2) is 9.59 Å². The number of carbonyl (C=O) groups is 2. The van der Waals surface area contributed by atoms with Crippen LogP contribution in [0.15, 0.2) is 24.3 Å². The van der Waals surface area contributed by atoms with E-state index in [1.54, 1.807) is 0 Å². The molecule has 0 spiro atoms. The van der Waals surface area contributed by atoms with Crippen LogP contribution in [0.3, 0.4) is 0 Å². The molecule has 0 aromatic heterocycles. The number of epoxide rings is 2. The molecule has 0 aliphatic carbocycles. The molecule has 0 radical (unpaired) electrons. The Kier molecular flexibility index (Phi) is 16.8. The highest BCUT2D eigenvalue weighted by atomic mass is 16.7. The second-order valence-corrected chi connectivity index (χ2v) is 15.4. The van der Waals surface area contributed by atoms with Gasteiger partial charge >= 0.3 is 11.9 Å². The van der Waals surface area contributed by atoms with Crippen LogP contribution >= 0.6 is 0 Å². The lowest BCUT2D eigenvalue weighted by atomic mass is 10.1. The van der Waals surface area contributed by atoms with Crippen molar-refractivity contribution in [2.45, 2.75) is 112 Å². The van der Waals surface area contributed by atoms with Crippen LogP contribution in [0.4, 0.5) is 0 Å². The number of fused-ring (bicyclic) bond motifs is 3. The highest BCUT2D eigenvalue weighted by Gasteiger charge is 2.51. The summed E-state index contributed by atoms with van der Waals surface area (Å²) in [4.78, 5) is 22.7. The number of ether oxygens (including phenoxy) is 14. The number of hydrogen-bond donors (Lipinski definition) is 4. The number of aliphatic hydroxyl groups excluding tert-OH is 4. The fourth-order valence-electron chi connectivity index (χ4n) is 6.83. The molecular formula is C38H58O20. The molecule has 0 amide bonds. The molecule has 58 heavy (non-hydrogen) atoms. The zero-order valence-electron chi connectivity index (χ0n) is 32.9. The summed E-state index contributed by atoms with van der Waals surface area (Å²) < 4.78 is 75.9. The molecule has 0 aromatic rings. The van der Waals surface area contributed by atoms with Crippen molar-refractivity contribution in [1.82, 2.24) is 0 Å². The largest absolute Gasteiger partial charge is 0.460 e. The van der Waals surface area contributed by atoms with E-state index in [2.05, 4.69) is 13.2 Å². The molecule has 16 unspecified atom stereocenters. The molecule has 8 aliphatic rings. The summed E-state index contributed by atoms with van der Waals surface area (Å²) in [5, 5.41) is 38.1. The normalized spacial score (nSPS) is 38.6. The Morgan fingerprint density at radius 1 is 0.500 bits per heavy atom. The number of rotatable bonds is 18. The SMILES string of the molecule is C1OC1COC1COC2C(OCC3CO3)COC12.C=C(C)C(=O)OCC(O)COC1COC2C(OCC(O)COC(=O)C(=C)C)COC12.OC1COC2C(O)COC12.